The molecule has 0 bridgehead atoms. The summed E-state index contributed by atoms with van der Waals surface area (Å²) < 4.78 is 22.5. The zero-order chi connectivity index (χ0) is 37.7. The Morgan fingerprint density at radius 3 is 2.08 bits per heavy atom. The van der Waals surface area contributed by atoms with E-state index in [1.165, 1.54) is 5.57 Å². The second kappa shape index (κ2) is 12.8. The SMILES string of the molecule is CC(=O)O[C@@H]1C(CO)O[C@H](OC(=O)[C@]23CCC(C)(C)C[C@H]2C2=CC[C@@H]4[C@@]5(C)CC[C@H](O)C(C)(C)[C@@H]5CC[C@@]4(C)[C@]2(C)CC3O)C(O)[C@@H]1OC(C)=O. The number of carbonyl (C=O) groups excluding carboxylic acids is 3. The molecule has 0 amide bonds. The molecule has 0 aromatic rings. The second-order valence-corrected chi connectivity index (χ2v) is 19.1. The van der Waals surface area contributed by atoms with Crippen molar-refractivity contribution in [3.8, 4) is 0 Å². The summed E-state index contributed by atoms with van der Waals surface area (Å²) in [6, 6.07) is 0. The molecule has 11 heteroatoms. The monoisotopic (exact) mass is 718 g/mol. The van der Waals surface area contributed by atoms with Gasteiger partial charge in [0.25, 0.3) is 0 Å². The van der Waals surface area contributed by atoms with Gasteiger partial charge < -0.3 is 39.4 Å². The van der Waals surface area contributed by atoms with Gasteiger partial charge in [0.15, 0.2) is 18.3 Å². The molecule has 3 unspecified atom stereocenters. The molecule has 0 spiro atoms. The Morgan fingerprint density at radius 2 is 1.45 bits per heavy atom. The Labute approximate surface area is 302 Å². The van der Waals surface area contributed by atoms with Gasteiger partial charge in [0.2, 0.25) is 6.29 Å². The van der Waals surface area contributed by atoms with Crippen LogP contribution in [0.2, 0.25) is 0 Å². The highest BCUT2D eigenvalue weighted by Crippen LogP contribution is 2.75. The predicted octanol–water partition coefficient (Wildman–Crippen LogP) is 4.60. The lowest BCUT2D eigenvalue weighted by atomic mass is 9.33. The standard InChI is InChI=1S/C40H62O11/c1-21(42)48-31-25(20-41)50-33(30(46)32(31)49-22(2)43)51-34(47)40-17-16-35(3,4)18-24(40)23-10-11-27-37(7)14-13-28(44)36(5,6)26(37)12-15-38(27,8)39(23,9)19-29(40)45/h10,24-33,41,44-46H,11-20H2,1-9H3/t24-,25?,26-,27+,28-,29?,30?,31+,32-,33+,37-,38+,39+,40+/m0/s1. The lowest BCUT2D eigenvalue weighted by Gasteiger charge is -2.71. The fourth-order valence-corrected chi connectivity index (χ4v) is 12.7. The molecular weight excluding hydrogens is 656 g/mol. The largest absolute Gasteiger partial charge is 0.456 e. The first-order valence-corrected chi connectivity index (χ1v) is 19.2. The maximum Gasteiger partial charge on any atom is 0.317 e. The molecule has 288 valence electrons. The number of carbonyl (C=O) groups is 3. The van der Waals surface area contributed by atoms with Crippen LogP contribution in [0.15, 0.2) is 11.6 Å². The Hall–Kier alpha value is -2.05. The normalized spacial score (nSPS) is 48.4. The molecule has 4 saturated carbocycles. The van der Waals surface area contributed by atoms with E-state index in [0.29, 0.717) is 37.5 Å². The maximum atomic E-state index is 14.8. The van der Waals surface area contributed by atoms with Gasteiger partial charge in [-0.25, -0.2) is 0 Å². The van der Waals surface area contributed by atoms with Gasteiger partial charge in [-0.15, -0.1) is 0 Å². The molecule has 0 radical (unpaired) electrons. The maximum absolute atomic E-state index is 14.8. The van der Waals surface area contributed by atoms with Crippen LogP contribution in [0.4, 0.5) is 0 Å². The minimum atomic E-state index is -1.73. The third-order valence-electron chi connectivity index (χ3n) is 15.7. The Bertz CT molecular complexity index is 1440. The Balaban J connectivity index is 1.36. The first-order chi connectivity index (χ1) is 23.6. The number of hydrogen-bond acceptors (Lipinski definition) is 11. The zero-order valence-electron chi connectivity index (χ0n) is 32.1. The lowest BCUT2D eigenvalue weighted by molar-refractivity contribution is -0.303. The van der Waals surface area contributed by atoms with Crippen LogP contribution >= 0.6 is 0 Å². The van der Waals surface area contributed by atoms with Crippen LogP contribution in [0.1, 0.15) is 120 Å². The quantitative estimate of drug-likeness (QED) is 0.178. The Morgan fingerprint density at radius 1 is 0.804 bits per heavy atom. The van der Waals surface area contributed by atoms with E-state index in [1.54, 1.807) is 0 Å². The molecule has 1 aliphatic heterocycles. The fourth-order valence-electron chi connectivity index (χ4n) is 12.7. The first kappa shape index (κ1) is 38.7. The minimum Gasteiger partial charge on any atom is -0.456 e. The summed E-state index contributed by atoms with van der Waals surface area (Å²) in [6.07, 6.45) is 0.233. The molecule has 1 saturated heterocycles. The van der Waals surface area contributed by atoms with Crippen molar-refractivity contribution < 1.29 is 53.8 Å². The number of esters is 3. The van der Waals surface area contributed by atoms with Crippen molar-refractivity contribution in [3.63, 3.8) is 0 Å². The van der Waals surface area contributed by atoms with Crippen LogP contribution in [0.3, 0.4) is 0 Å². The molecule has 0 aromatic carbocycles. The van der Waals surface area contributed by atoms with E-state index in [9.17, 15) is 34.8 Å². The van der Waals surface area contributed by atoms with E-state index >= 15 is 0 Å². The van der Waals surface area contributed by atoms with E-state index in [1.807, 2.05) is 0 Å². The highest BCUT2D eigenvalue weighted by molar-refractivity contribution is 5.80. The highest BCUT2D eigenvalue weighted by atomic mass is 16.7. The predicted molar refractivity (Wildman–Crippen MR) is 185 cm³/mol. The average Bonchev–Trinajstić information content (AvgIpc) is 3.02. The van der Waals surface area contributed by atoms with Gasteiger partial charge in [-0.05, 0) is 103 Å². The zero-order valence-corrected chi connectivity index (χ0v) is 32.1. The van der Waals surface area contributed by atoms with E-state index in [2.05, 4.69) is 54.5 Å². The summed E-state index contributed by atoms with van der Waals surface area (Å²) >= 11 is 0. The number of allylic oxidation sites excluding steroid dienone is 2. The average molecular weight is 719 g/mol. The molecule has 6 aliphatic rings. The van der Waals surface area contributed by atoms with Gasteiger partial charge >= 0.3 is 17.9 Å². The number of rotatable bonds is 5. The first-order valence-electron chi connectivity index (χ1n) is 19.2. The fraction of sp³-hybridized carbons (Fsp3) is 0.875. The van der Waals surface area contributed by atoms with Crippen molar-refractivity contribution in [3.05, 3.63) is 11.6 Å². The molecule has 0 aromatic heterocycles. The molecule has 11 nitrogen and oxygen atoms in total. The third-order valence-corrected chi connectivity index (χ3v) is 15.7. The van der Waals surface area contributed by atoms with Crippen LogP contribution in [0.5, 0.6) is 0 Å². The van der Waals surface area contributed by atoms with E-state index in [-0.39, 0.29) is 33.7 Å². The van der Waals surface area contributed by atoms with Crippen molar-refractivity contribution in [1.29, 1.82) is 0 Å². The number of ether oxygens (including phenoxy) is 4. The topological polar surface area (TPSA) is 169 Å². The van der Waals surface area contributed by atoms with Gasteiger partial charge in [-0.2, -0.15) is 0 Å². The van der Waals surface area contributed by atoms with Gasteiger partial charge in [-0.3, -0.25) is 14.4 Å². The molecule has 4 N–H and O–H groups in total. The summed E-state index contributed by atoms with van der Waals surface area (Å²) in [7, 11) is 0. The van der Waals surface area contributed by atoms with Crippen molar-refractivity contribution in [2.75, 3.05) is 6.61 Å². The minimum absolute atomic E-state index is 0.0190. The lowest BCUT2D eigenvalue weighted by Crippen LogP contribution is -2.68. The summed E-state index contributed by atoms with van der Waals surface area (Å²) in [6.45, 7) is 17.6. The third kappa shape index (κ3) is 5.73. The molecule has 5 fully saturated rings. The van der Waals surface area contributed by atoms with Crippen molar-refractivity contribution in [2.45, 2.75) is 163 Å². The van der Waals surface area contributed by atoms with Gasteiger partial charge in [0.1, 0.15) is 11.5 Å². The van der Waals surface area contributed by atoms with Gasteiger partial charge in [-0.1, -0.05) is 60.1 Å². The highest BCUT2D eigenvalue weighted by Gasteiger charge is 2.71. The summed E-state index contributed by atoms with van der Waals surface area (Å²) in [5.41, 5.74) is -0.941. The number of fused-ring (bicyclic) bond motifs is 7. The van der Waals surface area contributed by atoms with Crippen LogP contribution < -0.4 is 0 Å². The second-order valence-electron chi connectivity index (χ2n) is 19.1. The van der Waals surface area contributed by atoms with Crippen LogP contribution in [0.25, 0.3) is 0 Å². The Kier molecular flexibility index (Phi) is 9.69. The molecule has 6 rings (SSSR count). The van der Waals surface area contributed by atoms with Crippen LogP contribution in [0, 0.1) is 50.2 Å². The van der Waals surface area contributed by atoms with Crippen molar-refractivity contribution in [2.24, 2.45) is 50.2 Å². The smallest absolute Gasteiger partial charge is 0.317 e. The van der Waals surface area contributed by atoms with Crippen LogP contribution in [-0.2, 0) is 33.3 Å². The van der Waals surface area contributed by atoms with Crippen molar-refractivity contribution in [1.82, 2.24) is 0 Å². The summed E-state index contributed by atoms with van der Waals surface area (Å²) in [5.74, 6) is -1.80. The summed E-state index contributed by atoms with van der Waals surface area (Å²) in [4.78, 5) is 38.7. The van der Waals surface area contributed by atoms with E-state index in [0.717, 1.165) is 46.0 Å². The molecule has 5 aliphatic carbocycles. The number of hydrogen-bond donors (Lipinski definition) is 4. The molecule has 14 atom stereocenters. The van der Waals surface area contributed by atoms with E-state index < -0.39 is 72.2 Å². The number of aliphatic hydroxyl groups is 4. The van der Waals surface area contributed by atoms with Crippen molar-refractivity contribution >= 4 is 17.9 Å². The number of aliphatic hydroxyl groups excluding tert-OH is 4. The van der Waals surface area contributed by atoms with Crippen LogP contribution in [-0.4, -0.2) is 87.9 Å². The molecular formula is C40H62O11. The van der Waals surface area contributed by atoms with Gasteiger partial charge in [0, 0.05) is 13.8 Å². The summed E-state index contributed by atoms with van der Waals surface area (Å²) in [5, 5.41) is 45.1. The van der Waals surface area contributed by atoms with E-state index in [4.69, 9.17) is 18.9 Å². The molecule has 51 heavy (non-hydrogen) atoms. The van der Waals surface area contributed by atoms with Gasteiger partial charge in [0.05, 0.1) is 18.8 Å². The molecule has 1 heterocycles.